The fraction of sp³-hybridized carbons (Fsp3) is 0.346. The number of piperidine rings is 1. The van der Waals surface area contributed by atoms with Crippen LogP contribution in [0.2, 0.25) is 0 Å². The molecule has 0 bridgehead atoms. The summed E-state index contributed by atoms with van der Waals surface area (Å²) in [4.78, 5) is 23.9. The van der Waals surface area contributed by atoms with Crippen LogP contribution in [-0.4, -0.2) is 43.2 Å². The molecule has 1 fully saturated rings. The Kier molecular flexibility index (Phi) is 7.47. The highest BCUT2D eigenvalue weighted by molar-refractivity contribution is 5.94. The van der Waals surface area contributed by atoms with Crippen molar-refractivity contribution in [3.8, 4) is 23.1 Å². The summed E-state index contributed by atoms with van der Waals surface area (Å²) in [6.07, 6.45) is 6.83. The first-order chi connectivity index (χ1) is 16.6. The Bertz CT molecular complexity index is 1110. The van der Waals surface area contributed by atoms with E-state index in [4.69, 9.17) is 14.2 Å². The number of rotatable bonds is 8. The second-order valence-electron chi connectivity index (χ2n) is 8.17. The van der Waals surface area contributed by atoms with E-state index in [1.165, 1.54) is 6.42 Å². The van der Waals surface area contributed by atoms with Gasteiger partial charge in [0.2, 0.25) is 0 Å². The van der Waals surface area contributed by atoms with E-state index in [0.717, 1.165) is 37.3 Å². The molecule has 1 amide bonds. The molecule has 8 nitrogen and oxygen atoms in total. The summed E-state index contributed by atoms with van der Waals surface area (Å²) in [6.45, 7) is 3.83. The zero-order valence-corrected chi connectivity index (χ0v) is 19.8. The van der Waals surface area contributed by atoms with Crippen LogP contribution in [0.3, 0.4) is 0 Å². The fourth-order valence-electron chi connectivity index (χ4n) is 3.98. The maximum Gasteiger partial charge on any atom is 0.263 e. The molecule has 1 saturated heterocycles. The number of hydrogen-bond acceptors (Lipinski definition) is 7. The van der Waals surface area contributed by atoms with E-state index >= 15 is 0 Å². The van der Waals surface area contributed by atoms with Gasteiger partial charge in [-0.2, -0.15) is 0 Å². The standard InChI is InChI=1S/C26H30N4O4/c1-18(20-9-12-22(32-2)23(17-20)33-3)29-25(31)19-7-10-21(11-8-19)34-26-24(27-13-14-28-26)30-15-5-4-6-16-30/h7-14,17-18H,4-6,15-16H2,1-3H3,(H,29,31)/t18-/m0/s1. The highest BCUT2D eigenvalue weighted by Crippen LogP contribution is 2.31. The van der Waals surface area contributed by atoms with E-state index in [0.29, 0.717) is 28.7 Å². The Morgan fingerprint density at radius 3 is 2.35 bits per heavy atom. The average molecular weight is 463 g/mol. The summed E-state index contributed by atoms with van der Waals surface area (Å²) in [7, 11) is 3.18. The quantitative estimate of drug-likeness (QED) is 0.516. The third-order valence-electron chi connectivity index (χ3n) is 5.89. The zero-order valence-electron chi connectivity index (χ0n) is 19.8. The van der Waals surface area contributed by atoms with Crippen LogP contribution in [0, 0.1) is 0 Å². The number of hydrogen-bond donors (Lipinski definition) is 1. The van der Waals surface area contributed by atoms with Gasteiger partial charge in [-0.25, -0.2) is 9.97 Å². The molecular weight excluding hydrogens is 432 g/mol. The van der Waals surface area contributed by atoms with Crippen molar-refractivity contribution >= 4 is 11.7 Å². The summed E-state index contributed by atoms with van der Waals surface area (Å²) in [6, 6.07) is 12.4. The van der Waals surface area contributed by atoms with Crippen LogP contribution in [0.4, 0.5) is 5.82 Å². The molecule has 4 rings (SSSR count). The van der Waals surface area contributed by atoms with Crippen LogP contribution >= 0.6 is 0 Å². The number of benzene rings is 2. The van der Waals surface area contributed by atoms with Crippen LogP contribution in [0.5, 0.6) is 23.1 Å². The smallest absolute Gasteiger partial charge is 0.263 e. The van der Waals surface area contributed by atoms with Gasteiger partial charge in [0, 0.05) is 31.0 Å². The molecule has 34 heavy (non-hydrogen) atoms. The Hall–Kier alpha value is -3.81. The molecule has 2 aromatic carbocycles. The summed E-state index contributed by atoms with van der Waals surface area (Å²) in [5.74, 6) is 2.92. The van der Waals surface area contributed by atoms with Gasteiger partial charge in [0.25, 0.3) is 11.8 Å². The zero-order chi connectivity index (χ0) is 23.9. The second-order valence-corrected chi connectivity index (χ2v) is 8.17. The molecule has 1 aliphatic heterocycles. The van der Waals surface area contributed by atoms with E-state index in [1.54, 1.807) is 50.9 Å². The van der Waals surface area contributed by atoms with Gasteiger partial charge in [0.1, 0.15) is 5.75 Å². The highest BCUT2D eigenvalue weighted by Gasteiger charge is 2.19. The van der Waals surface area contributed by atoms with Crippen LogP contribution in [0.25, 0.3) is 0 Å². The van der Waals surface area contributed by atoms with E-state index in [2.05, 4.69) is 20.2 Å². The van der Waals surface area contributed by atoms with Crippen molar-refractivity contribution in [2.45, 2.75) is 32.2 Å². The van der Waals surface area contributed by atoms with Crippen LogP contribution < -0.4 is 24.4 Å². The van der Waals surface area contributed by atoms with Crippen molar-refractivity contribution in [2.75, 3.05) is 32.2 Å². The van der Waals surface area contributed by atoms with E-state index in [-0.39, 0.29) is 11.9 Å². The minimum absolute atomic E-state index is 0.178. The predicted molar refractivity (Wildman–Crippen MR) is 130 cm³/mol. The van der Waals surface area contributed by atoms with Gasteiger partial charge in [-0.1, -0.05) is 6.07 Å². The van der Waals surface area contributed by atoms with Gasteiger partial charge in [-0.15, -0.1) is 0 Å². The van der Waals surface area contributed by atoms with Gasteiger partial charge in [0.05, 0.1) is 20.3 Å². The summed E-state index contributed by atoms with van der Waals surface area (Å²) < 4.78 is 16.7. The lowest BCUT2D eigenvalue weighted by atomic mass is 10.1. The molecule has 8 heteroatoms. The molecule has 1 aromatic heterocycles. The molecule has 178 valence electrons. The first-order valence-corrected chi connectivity index (χ1v) is 11.5. The second kappa shape index (κ2) is 10.9. The first-order valence-electron chi connectivity index (χ1n) is 11.5. The Morgan fingerprint density at radius 2 is 1.65 bits per heavy atom. The van der Waals surface area contributed by atoms with E-state index in [9.17, 15) is 4.79 Å². The Labute approximate surface area is 199 Å². The van der Waals surface area contributed by atoms with Crippen molar-refractivity contribution in [3.05, 3.63) is 66.0 Å². The average Bonchev–Trinajstić information content (AvgIpc) is 2.89. The van der Waals surface area contributed by atoms with Gasteiger partial charge < -0.3 is 24.4 Å². The third kappa shape index (κ3) is 5.39. The lowest BCUT2D eigenvalue weighted by molar-refractivity contribution is 0.0940. The lowest BCUT2D eigenvalue weighted by Gasteiger charge is -2.28. The van der Waals surface area contributed by atoms with Crippen molar-refractivity contribution in [1.82, 2.24) is 15.3 Å². The Balaban J connectivity index is 1.41. The number of carbonyl (C=O) groups is 1. The largest absolute Gasteiger partial charge is 0.493 e. The molecule has 0 spiro atoms. The van der Waals surface area contributed by atoms with Crippen molar-refractivity contribution < 1.29 is 19.0 Å². The minimum Gasteiger partial charge on any atom is -0.493 e. The molecule has 1 aliphatic rings. The number of ether oxygens (including phenoxy) is 3. The number of anilines is 1. The maximum absolute atomic E-state index is 12.8. The van der Waals surface area contributed by atoms with Crippen LogP contribution in [0.15, 0.2) is 54.9 Å². The van der Waals surface area contributed by atoms with Gasteiger partial charge >= 0.3 is 0 Å². The van der Waals surface area contributed by atoms with Gasteiger partial charge in [0.15, 0.2) is 17.3 Å². The first kappa shape index (κ1) is 23.4. The maximum atomic E-state index is 12.8. The molecular formula is C26H30N4O4. The molecule has 2 heterocycles. The number of methoxy groups -OCH3 is 2. The van der Waals surface area contributed by atoms with Crippen molar-refractivity contribution in [3.63, 3.8) is 0 Å². The predicted octanol–water partition coefficient (Wildman–Crippen LogP) is 4.77. The molecule has 3 aromatic rings. The summed E-state index contributed by atoms with van der Waals surface area (Å²) in [5.41, 5.74) is 1.45. The topological polar surface area (TPSA) is 85.8 Å². The monoisotopic (exact) mass is 462 g/mol. The lowest BCUT2D eigenvalue weighted by Crippen LogP contribution is -2.30. The van der Waals surface area contributed by atoms with Gasteiger partial charge in [-0.3, -0.25) is 4.79 Å². The minimum atomic E-state index is -0.213. The number of aromatic nitrogens is 2. The summed E-state index contributed by atoms with van der Waals surface area (Å²) >= 11 is 0. The fourth-order valence-corrected chi connectivity index (χ4v) is 3.98. The number of nitrogens with one attached hydrogen (secondary N) is 1. The van der Waals surface area contributed by atoms with Crippen molar-refractivity contribution in [2.24, 2.45) is 0 Å². The Morgan fingerprint density at radius 1 is 0.941 bits per heavy atom. The van der Waals surface area contributed by atoms with E-state index in [1.807, 2.05) is 25.1 Å². The number of amides is 1. The molecule has 1 atom stereocenters. The highest BCUT2D eigenvalue weighted by atomic mass is 16.5. The molecule has 0 radical (unpaired) electrons. The summed E-state index contributed by atoms with van der Waals surface area (Å²) in [5, 5.41) is 3.02. The van der Waals surface area contributed by atoms with Crippen LogP contribution in [-0.2, 0) is 0 Å². The van der Waals surface area contributed by atoms with E-state index < -0.39 is 0 Å². The normalized spacial score (nSPS) is 14.3. The van der Waals surface area contributed by atoms with Crippen LogP contribution in [0.1, 0.15) is 48.1 Å². The number of nitrogens with zero attached hydrogens (tertiary/aromatic N) is 3. The molecule has 1 N–H and O–H groups in total. The van der Waals surface area contributed by atoms with Crippen molar-refractivity contribution in [1.29, 1.82) is 0 Å². The molecule has 0 saturated carbocycles. The third-order valence-corrected chi connectivity index (χ3v) is 5.89. The van der Waals surface area contributed by atoms with Gasteiger partial charge in [-0.05, 0) is 68.1 Å². The molecule has 0 unspecified atom stereocenters. The molecule has 0 aliphatic carbocycles. The number of carbonyl (C=O) groups excluding carboxylic acids is 1. The SMILES string of the molecule is COc1ccc([C@H](C)NC(=O)c2ccc(Oc3nccnc3N3CCCCC3)cc2)cc1OC.